The van der Waals surface area contributed by atoms with E-state index in [0.717, 1.165) is 75.4 Å². The van der Waals surface area contributed by atoms with Crippen LogP contribution < -0.4 is 19.9 Å². The minimum atomic E-state index is -0.459. The number of nitrogens with zero attached hydrogens (tertiary/aromatic N) is 3. The summed E-state index contributed by atoms with van der Waals surface area (Å²) in [7, 11) is 0. The number of hydrogen-bond donors (Lipinski definition) is 1. The van der Waals surface area contributed by atoms with Crippen LogP contribution in [0.15, 0.2) is 47.8 Å². The van der Waals surface area contributed by atoms with Crippen LogP contribution in [-0.2, 0) is 16.0 Å². The van der Waals surface area contributed by atoms with E-state index in [1.165, 1.54) is 35.0 Å². The highest BCUT2D eigenvalue weighted by Crippen LogP contribution is 2.33. The molecule has 0 unspecified atom stereocenters. The second-order valence-corrected chi connectivity index (χ2v) is 13.0. The molecule has 0 bridgehead atoms. The van der Waals surface area contributed by atoms with Gasteiger partial charge in [0, 0.05) is 61.0 Å². The van der Waals surface area contributed by atoms with Gasteiger partial charge >= 0.3 is 6.09 Å². The van der Waals surface area contributed by atoms with Gasteiger partial charge in [-0.2, -0.15) is 0 Å². The molecule has 2 fully saturated rings. The molecule has 1 saturated carbocycles. The van der Waals surface area contributed by atoms with Crippen LogP contribution in [0, 0.1) is 5.92 Å². The number of fused-ring (bicyclic) bond motifs is 2. The van der Waals surface area contributed by atoms with Crippen LogP contribution in [0.2, 0.25) is 0 Å². The molecule has 3 heterocycles. The summed E-state index contributed by atoms with van der Waals surface area (Å²) in [5.41, 5.74) is 3.22. The van der Waals surface area contributed by atoms with Gasteiger partial charge in [-0.25, -0.2) is 4.79 Å². The molecule has 6 rings (SSSR count). The fourth-order valence-corrected chi connectivity index (χ4v) is 7.44. The Hall–Kier alpha value is -3.30. The van der Waals surface area contributed by atoms with Gasteiger partial charge in [-0.05, 0) is 79.8 Å². The highest BCUT2D eigenvalue weighted by Gasteiger charge is 2.26. The lowest BCUT2D eigenvalue weighted by Gasteiger charge is -2.36. The fourth-order valence-electron chi connectivity index (χ4n) is 6.64. The molecule has 0 spiro atoms. The number of unbranched alkanes of at least 4 members (excludes halogenated alkanes) is 1. The van der Waals surface area contributed by atoms with Gasteiger partial charge in [0.25, 0.3) is 0 Å². The van der Waals surface area contributed by atoms with Gasteiger partial charge in [-0.1, -0.05) is 31.4 Å². The minimum Gasteiger partial charge on any atom is -0.494 e. The number of thiophene rings is 1. The summed E-state index contributed by atoms with van der Waals surface area (Å²) >= 11 is 1.81. The molecule has 8 nitrogen and oxygen atoms in total. The molecule has 2 amide bonds. The Morgan fingerprint density at radius 1 is 0.953 bits per heavy atom. The monoisotopic (exact) mass is 604 g/mol. The Balaban J connectivity index is 0.919. The van der Waals surface area contributed by atoms with Gasteiger partial charge in [0.15, 0.2) is 6.73 Å². The second-order valence-electron chi connectivity index (χ2n) is 12.1. The molecular weight excluding hydrogens is 560 g/mol. The van der Waals surface area contributed by atoms with E-state index in [1.54, 1.807) is 4.90 Å². The normalized spacial score (nSPS) is 18.1. The van der Waals surface area contributed by atoms with E-state index < -0.39 is 6.09 Å². The summed E-state index contributed by atoms with van der Waals surface area (Å²) in [5.74, 6) is 1.24. The second kappa shape index (κ2) is 14.4. The summed E-state index contributed by atoms with van der Waals surface area (Å²) in [6, 6.07) is 14.8. The topological polar surface area (TPSA) is 74.3 Å². The third-order valence-electron chi connectivity index (χ3n) is 9.16. The van der Waals surface area contributed by atoms with Crippen molar-refractivity contribution in [2.75, 3.05) is 62.4 Å². The van der Waals surface area contributed by atoms with Crippen LogP contribution in [0.3, 0.4) is 0 Å². The van der Waals surface area contributed by atoms with Crippen LogP contribution in [0.5, 0.6) is 5.75 Å². The quantitative estimate of drug-likeness (QED) is 0.255. The maximum absolute atomic E-state index is 12.7. The summed E-state index contributed by atoms with van der Waals surface area (Å²) in [4.78, 5) is 31.7. The number of nitrogens with one attached hydrogen (secondary N) is 1. The van der Waals surface area contributed by atoms with Crippen LogP contribution in [-0.4, -0.2) is 69.5 Å². The summed E-state index contributed by atoms with van der Waals surface area (Å²) in [6.07, 6.45) is 8.77. The molecule has 230 valence electrons. The zero-order chi connectivity index (χ0) is 29.4. The SMILES string of the molecule is O=C(NCC1CCCCC1)OCN1C(=O)CCc2ccc(OCCCCN3CCN(c4cccc5sccc45)CC3)cc21. The van der Waals surface area contributed by atoms with Gasteiger partial charge in [0.2, 0.25) is 5.91 Å². The molecule has 2 aliphatic heterocycles. The molecule has 2 aromatic carbocycles. The number of piperazine rings is 1. The number of aryl methyl sites for hydroxylation is 1. The number of rotatable bonds is 11. The van der Waals surface area contributed by atoms with E-state index >= 15 is 0 Å². The van der Waals surface area contributed by atoms with Crippen LogP contribution in [0.1, 0.15) is 56.9 Å². The molecule has 9 heteroatoms. The lowest BCUT2D eigenvalue weighted by Crippen LogP contribution is -2.46. The first-order chi connectivity index (χ1) is 21.1. The number of hydrogen-bond acceptors (Lipinski definition) is 7. The fraction of sp³-hybridized carbons (Fsp3) is 0.529. The third-order valence-corrected chi connectivity index (χ3v) is 10.0. The number of ether oxygens (including phenoxy) is 2. The van der Waals surface area contributed by atoms with Gasteiger partial charge < -0.3 is 19.7 Å². The molecule has 43 heavy (non-hydrogen) atoms. The summed E-state index contributed by atoms with van der Waals surface area (Å²) < 4.78 is 12.9. The maximum atomic E-state index is 12.7. The number of carbonyl (C=O) groups is 2. The van der Waals surface area contributed by atoms with Crippen molar-refractivity contribution in [3.63, 3.8) is 0 Å². The van der Waals surface area contributed by atoms with Crippen molar-refractivity contribution < 1.29 is 19.1 Å². The Kier molecular flexibility index (Phi) is 10.00. The number of anilines is 2. The van der Waals surface area contributed by atoms with E-state index in [4.69, 9.17) is 9.47 Å². The van der Waals surface area contributed by atoms with Gasteiger partial charge in [-0.3, -0.25) is 14.6 Å². The smallest absolute Gasteiger partial charge is 0.408 e. The van der Waals surface area contributed by atoms with Gasteiger partial charge in [0.05, 0.1) is 12.3 Å². The van der Waals surface area contributed by atoms with Crippen molar-refractivity contribution in [3.05, 3.63) is 53.4 Å². The van der Waals surface area contributed by atoms with Crippen molar-refractivity contribution >= 4 is 44.8 Å². The Morgan fingerprint density at radius 2 is 1.81 bits per heavy atom. The lowest BCUT2D eigenvalue weighted by molar-refractivity contribution is -0.119. The Morgan fingerprint density at radius 3 is 2.67 bits per heavy atom. The first-order valence-corrected chi connectivity index (χ1v) is 16.9. The van der Waals surface area contributed by atoms with Crippen molar-refractivity contribution in [2.24, 2.45) is 5.92 Å². The first kappa shape index (κ1) is 29.8. The predicted octanol–water partition coefficient (Wildman–Crippen LogP) is 6.43. The molecule has 1 aliphatic carbocycles. The Labute approximate surface area is 258 Å². The largest absolute Gasteiger partial charge is 0.494 e. The summed E-state index contributed by atoms with van der Waals surface area (Å²) in [6.45, 7) is 6.54. The average molecular weight is 605 g/mol. The van der Waals surface area contributed by atoms with E-state index in [9.17, 15) is 9.59 Å². The zero-order valence-corrected chi connectivity index (χ0v) is 25.9. The van der Waals surface area contributed by atoms with E-state index in [0.29, 0.717) is 31.9 Å². The van der Waals surface area contributed by atoms with Crippen molar-refractivity contribution in [3.8, 4) is 5.75 Å². The molecular formula is C34H44N4O4S. The van der Waals surface area contributed by atoms with E-state index in [-0.39, 0.29) is 12.6 Å². The molecule has 3 aliphatic rings. The number of benzene rings is 2. The molecule has 1 saturated heterocycles. The minimum absolute atomic E-state index is 0.0307. The first-order valence-electron chi connectivity index (χ1n) is 16.0. The molecule has 1 N–H and O–H groups in total. The highest BCUT2D eigenvalue weighted by atomic mass is 32.1. The molecule has 3 aromatic rings. The third kappa shape index (κ3) is 7.62. The molecule has 0 atom stereocenters. The van der Waals surface area contributed by atoms with Crippen LogP contribution in [0.4, 0.5) is 16.2 Å². The number of amides is 2. The van der Waals surface area contributed by atoms with E-state index in [2.05, 4.69) is 44.8 Å². The van der Waals surface area contributed by atoms with E-state index in [1.807, 2.05) is 29.5 Å². The van der Waals surface area contributed by atoms with Crippen molar-refractivity contribution in [1.29, 1.82) is 0 Å². The summed E-state index contributed by atoms with van der Waals surface area (Å²) in [5, 5.41) is 6.44. The molecule has 1 aromatic heterocycles. The van der Waals surface area contributed by atoms with Crippen LogP contribution in [0.25, 0.3) is 10.1 Å². The molecule has 0 radical (unpaired) electrons. The maximum Gasteiger partial charge on any atom is 0.408 e. The zero-order valence-electron chi connectivity index (χ0n) is 25.1. The predicted molar refractivity (Wildman–Crippen MR) is 173 cm³/mol. The standard InChI is InChI=1S/C34H44N4O4S/c39-33-14-12-27-11-13-28(23-31(27)38(33)25-42-34(40)35-24-26-7-2-1-3-8-26)41-21-5-4-16-36-17-19-37(20-18-36)30-9-6-10-32-29(30)15-22-43-32/h6,9-11,13,15,22-23,26H,1-5,7-8,12,14,16-21,24-25H2,(H,35,40). The highest BCUT2D eigenvalue weighted by molar-refractivity contribution is 7.17. The number of alkyl carbamates (subject to hydrolysis) is 1. The van der Waals surface area contributed by atoms with Crippen molar-refractivity contribution in [2.45, 2.75) is 57.8 Å². The van der Waals surface area contributed by atoms with Gasteiger partial charge in [-0.15, -0.1) is 11.3 Å². The van der Waals surface area contributed by atoms with Crippen LogP contribution >= 0.6 is 11.3 Å². The van der Waals surface area contributed by atoms with Crippen molar-refractivity contribution in [1.82, 2.24) is 10.2 Å². The lowest BCUT2D eigenvalue weighted by atomic mass is 9.89. The average Bonchev–Trinajstić information content (AvgIpc) is 3.53. The van der Waals surface area contributed by atoms with Gasteiger partial charge in [0.1, 0.15) is 5.75 Å². The Bertz CT molecular complexity index is 1380. The number of carbonyl (C=O) groups excluding carboxylic acids is 2.